The van der Waals surface area contributed by atoms with E-state index in [0.717, 1.165) is 36.0 Å². The molecule has 2 fully saturated rings. The van der Waals surface area contributed by atoms with Gasteiger partial charge in [0.05, 0.1) is 17.2 Å². The van der Waals surface area contributed by atoms with E-state index in [9.17, 15) is 13.6 Å². The van der Waals surface area contributed by atoms with E-state index in [1.807, 2.05) is 36.7 Å². The first-order valence-corrected chi connectivity index (χ1v) is 13.5. The topological polar surface area (TPSA) is 80.3 Å². The van der Waals surface area contributed by atoms with Crippen molar-refractivity contribution in [3.8, 4) is 0 Å². The number of halogens is 2. The molecule has 0 radical (unpaired) electrons. The Bertz CT molecular complexity index is 1520. The van der Waals surface area contributed by atoms with Gasteiger partial charge in [-0.15, -0.1) is 10.2 Å². The van der Waals surface area contributed by atoms with Gasteiger partial charge in [0.1, 0.15) is 18.3 Å². The second-order valence-electron chi connectivity index (χ2n) is 11.4. The van der Waals surface area contributed by atoms with E-state index in [2.05, 4.69) is 38.4 Å². The third-order valence-corrected chi connectivity index (χ3v) is 8.36. The van der Waals surface area contributed by atoms with Gasteiger partial charge in [0.2, 0.25) is 5.95 Å². The van der Waals surface area contributed by atoms with Crippen LogP contribution in [-0.4, -0.2) is 54.2 Å². The van der Waals surface area contributed by atoms with Gasteiger partial charge < -0.3 is 9.88 Å². The number of nitrogens with zero attached hydrogens (tertiary/aromatic N) is 6. The summed E-state index contributed by atoms with van der Waals surface area (Å²) in [6.45, 7) is 5.87. The number of likely N-dealkylation sites (tertiary alicyclic amines) is 1. The summed E-state index contributed by atoms with van der Waals surface area (Å²) >= 11 is 0. The lowest BCUT2D eigenvalue weighted by Crippen LogP contribution is -2.43. The molecule has 6 rings (SSSR count). The summed E-state index contributed by atoms with van der Waals surface area (Å²) in [5, 5.41) is 11.5. The Labute approximate surface area is 226 Å². The minimum Gasteiger partial charge on any atom is -0.322 e. The lowest BCUT2D eigenvalue weighted by Gasteiger charge is -2.46. The van der Waals surface area contributed by atoms with Crippen LogP contribution in [0.15, 0.2) is 49.1 Å². The fourth-order valence-electron chi connectivity index (χ4n) is 6.46. The van der Waals surface area contributed by atoms with Gasteiger partial charge in [-0.25, -0.2) is 9.37 Å². The average molecular weight is 534 g/mol. The number of carbonyl (C=O) groups excluding carboxylic acids is 1. The number of hydrogen-bond acceptors (Lipinski definition) is 5. The molecule has 10 heteroatoms. The molecule has 2 atom stereocenters. The van der Waals surface area contributed by atoms with Gasteiger partial charge in [-0.2, -0.15) is 4.39 Å². The molecule has 39 heavy (non-hydrogen) atoms. The Kier molecular flexibility index (Phi) is 6.45. The van der Waals surface area contributed by atoms with Crippen molar-refractivity contribution in [1.29, 1.82) is 0 Å². The molecular formula is C29H33F2N7O. The third-order valence-electron chi connectivity index (χ3n) is 8.36. The Balaban J connectivity index is 1.29. The molecule has 0 unspecified atom stereocenters. The normalized spacial score (nSPS) is 25.5. The highest BCUT2D eigenvalue weighted by Crippen LogP contribution is 2.51. The summed E-state index contributed by atoms with van der Waals surface area (Å²) in [5.74, 6) is 0.507. The van der Waals surface area contributed by atoms with E-state index in [1.165, 1.54) is 4.40 Å². The predicted octanol–water partition coefficient (Wildman–Crippen LogP) is 4.75. The van der Waals surface area contributed by atoms with Gasteiger partial charge in [0.25, 0.3) is 5.91 Å². The number of benzene rings is 1. The van der Waals surface area contributed by atoms with Crippen LogP contribution < -0.4 is 5.32 Å². The molecular weight excluding hydrogens is 500 g/mol. The number of carbonyl (C=O) groups is 1. The van der Waals surface area contributed by atoms with E-state index >= 15 is 0 Å². The molecule has 1 aromatic carbocycles. The number of alkyl halides is 1. The summed E-state index contributed by atoms with van der Waals surface area (Å²) < 4.78 is 31.9. The Morgan fingerprint density at radius 3 is 2.77 bits per heavy atom. The molecule has 1 amide bonds. The monoisotopic (exact) mass is 533 g/mol. The zero-order chi connectivity index (χ0) is 27.3. The summed E-state index contributed by atoms with van der Waals surface area (Å²) in [6.07, 6.45) is 6.08. The number of nitrogens with one attached hydrogen (secondary N) is 1. The van der Waals surface area contributed by atoms with Gasteiger partial charge in [0, 0.05) is 44.5 Å². The maximum absolute atomic E-state index is 14.6. The molecule has 1 aliphatic carbocycles. The number of fused-ring (bicyclic) bond motifs is 1. The standard InChI is InChI=1S/C29H33F2N7O/c1-18-11-29(12-18,28-35-33-17-36(28)3)21-5-4-6-22(10-21)34-27(39)23-9-20(16-38-25(31)13-32-26(23)38)15-37-8-7-24(30)19(2)14-37/h4-6,9-10,13,16-19,24H,7-8,11-12,14-15H2,1-3H3,(H,34,39)/t18?,19-,24+,29?/m1/s1. The maximum Gasteiger partial charge on any atom is 0.259 e. The number of aryl methyl sites for hydroxylation is 1. The molecule has 4 heterocycles. The van der Waals surface area contributed by atoms with E-state index in [0.29, 0.717) is 37.7 Å². The van der Waals surface area contributed by atoms with Crippen LogP contribution in [0.5, 0.6) is 0 Å². The van der Waals surface area contributed by atoms with Crippen LogP contribution in [0.4, 0.5) is 14.5 Å². The van der Waals surface area contributed by atoms with Crippen molar-refractivity contribution >= 4 is 17.2 Å². The van der Waals surface area contributed by atoms with Crippen molar-refractivity contribution in [3.05, 3.63) is 77.5 Å². The van der Waals surface area contributed by atoms with Crippen molar-refractivity contribution < 1.29 is 13.6 Å². The second kappa shape index (κ2) is 9.82. The van der Waals surface area contributed by atoms with Crippen LogP contribution in [0.25, 0.3) is 5.65 Å². The van der Waals surface area contributed by atoms with E-state index < -0.39 is 12.1 Å². The van der Waals surface area contributed by atoms with Gasteiger partial charge in [-0.1, -0.05) is 26.0 Å². The van der Waals surface area contributed by atoms with Gasteiger partial charge in [-0.3, -0.25) is 14.1 Å². The summed E-state index contributed by atoms with van der Waals surface area (Å²) in [5.41, 5.74) is 2.78. The highest BCUT2D eigenvalue weighted by atomic mass is 19.1. The quantitative estimate of drug-likeness (QED) is 0.387. The molecule has 1 saturated heterocycles. The van der Waals surface area contributed by atoms with E-state index in [-0.39, 0.29) is 28.5 Å². The number of amides is 1. The summed E-state index contributed by atoms with van der Waals surface area (Å²) in [6, 6.07) is 9.61. The van der Waals surface area contributed by atoms with Crippen LogP contribution in [0.1, 0.15) is 60.4 Å². The van der Waals surface area contributed by atoms with Crippen LogP contribution in [0, 0.1) is 17.8 Å². The SMILES string of the molecule is CC1CC(c2cccc(NC(=O)c3cc(CN4CC[C@H](F)[C@H](C)C4)cn4c(F)cnc34)c2)(c2nncn2C)C1. The van der Waals surface area contributed by atoms with Gasteiger partial charge in [0.15, 0.2) is 5.65 Å². The molecule has 0 spiro atoms. The second-order valence-corrected chi connectivity index (χ2v) is 11.4. The minimum absolute atomic E-state index is 0.0639. The van der Waals surface area contributed by atoms with Crippen molar-refractivity contribution in [2.45, 2.75) is 51.2 Å². The van der Waals surface area contributed by atoms with Crippen molar-refractivity contribution in [3.63, 3.8) is 0 Å². The number of rotatable bonds is 6. The molecule has 1 aliphatic heterocycles. The van der Waals surface area contributed by atoms with Crippen LogP contribution in [0.3, 0.4) is 0 Å². The molecule has 3 aromatic heterocycles. The van der Waals surface area contributed by atoms with Crippen LogP contribution in [0.2, 0.25) is 0 Å². The minimum atomic E-state index is -0.803. The van der Waals surface area contributed by atoms with E-state index in [4.69, 9.17) is 0 Å². The molecule has 1 saturated carbocycles. The first-order valence-electron chi connectivity index (χ1n) is 13.5. The molecule has 1 N–H and O–H groups in total. The maximum atomic E-state index is 14.6. The first-order chi connectivity index (χ1) is 18.7. The highest BCUT2D eigenvalue weighted by molar-refractivity contribution is 6.08. The molecule has 204 valence electrons. The van der Waals surface area contributed by atoms with Crippen molar-refractivity contribution in [1.82, 2.24) is 29.0 Å². The van der Waals surface area contributed by atoms with Gasteiger partial charge in [-0.05, 0) is 54.5 Å². The predicted molar refractivity (Wildman–Crippen MR) is 144 cm³/mol. The fourth-order valence-corrected chi connectivity index (χ4v) is 6.46. The number of pyridine rings is 1. The smallest absolute Gasteiger partial charge is 0.259 e. The summed E-state index contributed by atoms with van der Waals surface area (Å²) in [7, 11) is 1.95. The van der Waals surface area contributed by atoms with Gasteiger partial charge >= 0.3 is 0 Å². The zero-order valence-corrected chi connectivity index (χ0v) is 22.4. The van der Waals surface area contributed by atoms with Crippen molar-refractivity contribution in [2.75, 3.05) is 18.4 Å². The number of imidazole rings is 1. The first kappa shape index (κ1) is 25.6. The largest absolute Gasteiger partial charge is 0.322 e. The van der Waals surface area contributed by atoms with Crippen LogP contribution in [-0.2, 0) is 19.0 Å². The number of anilines is 1. The Morgan fingerprint density at radius 2 is 2.05 bits per heavy atom. The lowest BCUT2D eigenvalue weighted by atomic mass is 9.58. The highest BCUT2D eigenvalue weighted by Gasteiger charge is 2.48. The average Bonchev–Trinajstić information content (AvgIpc) is 3.49. The zero-order valence-electron chi connectivity index (χ0n) is 22.4. The summed E-state index contributed by atoms with van der Waals surface area (Å²) in [4.78, 5) is 19.9. The van der Waals surface area contributed by atoms with E-state index in [1.54, 1.807) is 18.6 Å². The lowest BCUT2D eigenvalue weighted by molar-refractivity contribution is 0.0925. The third kappa shape index (κ3) is 4.60. The number of aromatic nitrogens is 5. The molecule has 2 aliphatic rings. The van der Waals surface area contributed by atoms with Crippen LogP contribution >= 0.6 is 0 Å². The fraction of sp³-hybridized carbons (Fsp3) is 0.448. The molecule has 8 nitrogen and oxygen atoms in total. The molecule has 4 aromatic rings. The number of hydrogen-bond donors (Lipinski definition) is 1. The Morgan fingerprint density at radius 1 is 1.23 bits per heavy atom. The van der Waals surface area contributed by atoms with Crippen molar-refractivity contribution in [2.24, 2.45) is 18.9 Å². The molecule has 0 bridgehead atoms. The number of piperidine rings is 1. The Hall–Kier alpha value is -3.66.